The van der Waals surface area contributed by atoms with Gasteiger partial charge < -0.3 is 15.1 Å². The quantitative estimate of drug-likeness (QED) is 0.841. The Labute approximate surface area is 164 Å². The molecule has 1 N–H and O–H groups in total. The topological polar surface area (TPSA) is 52.7 Å². The molecule has 9 heteroatoms. The summed E-state index contributed by atoms with van der Waals surface area (Å²) >= 11 is 1.30. The minimum atomic E-state index is -4.38. The van der Waals surface area contributed by atoms with Crippen LogP contribution in [0.5, 0.6) is 0 Å². The van der Waals surface area contributed by atoms with Crippen molar-refractivity contribution in [2.75, 3.05) is 31.1 Å². The molecule has 5 nitrogen and oxygen atoms in total. The molecule has 1 unspecified atom stereocenters. The zero-order chi connectivity index (χ0) is 20.3. The molecule has 0 bridgehead atoms. The molecule has 2 aromatic rings. The summed E-state index contributed by atoms with van der Waals surface area (Å²) in [5.41, 5.74) is -0.200. The van der Waals surface area contributed by atoms with Gasteiger partial charge in [0.15, 0.2) is 0 Å². The predicted molar refractivity (Wildman–Crippen MR) is 101 cm³/mol. The van der Waals surface area contributed by atoms with Gasteiger partial charge in [0.1, 0.15) is 6.04 Å². The molecule has 0 spiro atoms. The van der Waals surface area contributed by atoms with E-state index >= 15 is 0 Å². The number of anilines is 1. The molecule has 1 aliphatic heterocycles. The van der Waals surface area contributed by atoms with E-state index in [4.69, 9.17) is 0 Å². The van der Waals surface area contributed by atoms with Crippen LogP contribution in [0.1, 0.15) is 22.2 Å². The standard InChI is InChI=1S/C19H20F3N3O2S/c1-13(23-17(26)16-6-3-11-28-16)18(27)25-9-7-24(8-10-25)15-5-2-4-14(12-15)19(20,21)22/h2-6,11-13H,7-10H2,1H3,(H,23,26). The van der Waals surface area contributed by atoms with Crippen molar-refractivity contribution >= 4 is 28.8 Å². The smallest absolute Gasteiger partial charge is 0.368 e. The van der Waals surface area contributed by atoms with Gasteiger partial charge in [-0.25, -0.2) is 0 Å². The lowest BCUT2D eigenvalue weighted by Gasteiger charge is -2.37. The Balaban J connectivity index is 1.56. The second kappa shape index (κ2) is 8.22. The Morgan fingerprint density at radius 1 is 1.11 bits per heavy atom. The van der Waals surface area contributed by atoms with Gasteiger partial charge in [0.05, 0.1) is 10.4 Å². The molecule has 0 saturated carbocycles. The summed E-state index contributed by atoms with van der Waals surface area (Å²) in [7, 11) is 0. The maximum absolute atomic E-state index is 12.9. The molecule has 1 atom stereocenters. The number of nitrogens with zero attached hydrogens (tertiary/aromatic N) is 2. The maximum Gasteiger partial charge on any atom is 0.416 e. The van der Waals surface area contributed by atoms with Crippen molar-refractivity contribution in [3.8, 4) is 0 Å². The van der Waals surface area contributed by atoms with Crippen LogP contribution >= 0.6 is 11.3 Å². The molecule has 1 fully saturated rings. The summed E-state index contributed by atoms with van der Waals surface area (Å²) in [5, 5.41) is 4.47. The Kier molecular flexibility index (Phi) is 5.93. The summed E-state index contributed by atoms with van der Waals surface area (Å²) in [4.78, 5) is 28.7. The first-order valence-corrected chi connectivity index (χ1v) is 9.69. The Morgan fingerprint density at radius 2 is 1.82 bits per heavy atom. The highest BCUT2D eigenvalue weighted by atomic mass is 32.1. The number of carbonyl (C=O) groups is 2. The van der Waals surface area contributed by atoms with Crippen LogP contribution in [-0.2, 0) is 11.0 Å². The molecule has 2 amide bonds. The largest absolute Gasteiger partial charge is 0.416 e. The molecule has 2 heterocycles. The predicted octanol–water partition coefficient (Wildman–Crippen LogP) is 3.23. The minimum Gasteiger partial charge on any atom is -0.368 e. The highest BCUT2D eigenvalue weighted by molar-refractivity contribution is 7.12. The van der Waals surface area contributed by atoms with Crippen LogP contribution in [0, 0.1) is 0 Å². The first kappa shape index (κ1) is 20.2. The van der Waals surface area contributed by atoms with E-state index in [1.165, 1.54) is 17.4 Å². The number of piperazine rings is 1. The lowest BCUT2D eigenvalue weighted by Crippen LogP contribution is -2.54. The number of nitrogens with one attached hydrogen (secondary N) is 1. The molecule has 1 aromatic heterocycles. The van der Waals surface area contributed by atoms with Crippen LogP contribution in [0.25, 0.3) is 0 Å². The molecule has 1 aliphatic rings. The number of alkyl halides is 3. The molecule has 1 aromatic carbocycles. The van der Waals surface area contributed by atoms with Crippen LogP contribution in [-0.4, -0.2) is 48.9 Å². The Hall–Kier alpha value is -2.55. The first-order chi connectivity index (χ1) is 13.3. The van der Waals surface area contributed by atoms with Crippen molar-refractivity contribution < 1.29 is 22.8 Å². The van der Waals surface area contributed by atoms with Gasteiger partial charge in [-0.15, -0.1) is 11.3 Å². The third kappa shape index (κ3) is 4.64. The number of hydrogen-bond donors (Lipinski definition) is 1. The van der Waals surface area contributed by atoms with Gasteiger partial charge in [0, 0.05) is 31.9 Å². The number of carbonyl (C=O) groups excluding carboxylic acids is 2. The van der Waals surface area contributed by atoms with Crippen molar-refractivity contribution in [3.63, 3.8) is 0 Å². The molecule has 1 saturated heterocycles. The number of halogens is 3. The summed E-state index contributed by atoms with van der Waals surface area (Å²) < 4.78 is 38.7. The van der Waals surface area contributed by atoms with E-state index < -0.39 is 17.8 Å². The number of rotatable bonds is 4. The van der Waals surface area contributed by atoms with E-state index in [1.807, 2.05) is 4.90 Å². The minimum absolute atomic E-state index is 0.200. The van der Waals surface area contributed by atoms with E-state index in [0.717, 1.165) is 12.1 Å². The highest BCUT2D eigenvalue weighted by Gasteiger charge is 2.31. The summed E-state index contributed by atoms with van der Waals surface area (Å²) in [6.45, 7) is 3.26. The SMILES string of the molecule is CC(NC(=O)c1cccs1)C(=O)N1CCN(c2cccc(C(F)(F)F)c2)CC1. The van der Waals surface area contributed by atoms with E-state index in [-0.39, 0.29) is 11.8 Å². The summed E-state index contributed by atoms with van der Waals surface area (Å²) in [5.74, 6) is -0.493. The fraction of sp³-hybridized carbons (Fsp3) is 0.368. The second-order valence-electron chi connectivity index (χ2n) is 6.53. The van der Waals surface area contributed by atoms with Crippen molar-refractivity contribution in [2.45, 2.75) is 19.1 Å². The van der Waals surface area contributed by atoms with Crippen molar-refractivity contribution in [3.05, 3.63) is 52.2 Å². The van der Waals surface area contributed by atoms with Gasteiger partial charge in [-0.05, 0) is 36.6 Å². The maximum atomic E-state index is 12.9. The lowest BCUT2D eigenvalue weighted by molar-refractivity contribution is -0.137. The fourth-order valence-corrected chi connectivity index (χ4v) is 3.70. The Bertz CT molecular complexity index is 831. The second-order valence-corrected chi connectivity index (χ2v) is 7.48. The third-order valence-corrected chi connectivity index (χ3v) is 5.46. The zero-order valence-electron chi connectivity index (χ0n) is 15.2. The van der Waals surface area contributed by atoms with Crippen LogP contribution in [0.4, 0.5) is 18.9 Å². The number of thiophene rings is 1. The van der Waals surface area contributed by atoms with Gasteiger partial charge in [0.25, 0.3) is 5.91 Å². The fourth-order valence-electron chi connectivity index (χ4n) is 3.08. The van der Waals surface area contributed by atoms with Crippen LogP contribution in [0.3, 0.4) is 0 Å². The van der Waals surface area contributed by atoms with E-state index in [0.29, 0.717) is 36.7 Å². The molecule has 3 rings (SSSR count). The van der Waals surface area contributed by atoms with Crippen molar-refractivity contribution in [1.29, 1.82) is 0 Å². The van der Waals surface area contributed by atoms with Gasteiger partial charge >= 0.3 is 6.18 Å². The molecule has 150 valence electrons. The van der Waals surface area contributed by atoms with Crippen LogP contribution in [0.2, 0.25) is 0 Å². The van der Waals surface area contributed by atoms with Crippen LogP contribution in [0.15, 0.2) is 41.8 Å². The molecule has 28 heavy (non-hydrogen) atoms. The van der Waals surface area contributed by atoms with E-state index in [2.05, 4.69) is 5.32 Å². The first-order valence-electron chi connectivity index (χ1n) is 8.81. The highest BCUT2D eigenvalue weighted by Crippen LogP contribution is 2.31. The Morgan fingerprint density at radius 3 is 2.43 bits per heavy atom. The molecule has 0 aliphatic carbocycles. The monoisotopic (exact) mass is 411 g/mol. The summed E-state index contributed by atoms with van der Waals surface area (Å²) in [6.07, 6.45) is -4.38. The third-order valence-electron chi connectivity index (χ3n) is 4.59. The lowest BCUT2D eigenvalue weighted by atomic mass is 10.1. The van der Waals surface area contributed by atoms with Crippen LogP contribution < -0.4 is 10.2 Å². The molecular weight excluding hydrogens is 391 g/mol. The van der Waals surface area contributed by atoms with Gasteiger partial charge in [-0.1, -0.05) is 12.1 Å². The number of amides is 2. The number of hydrogen-bond acceptors (Lipinski definition) is 4. The van der Waals surface area contributed by atoms with Crippen molar-refractivity contribution in [1.82, 2.24) is 10.2 Å². The van der Waals surface area contributed by atoms with Gasteiger partial charge in [-0.3, -0.25) is 9.59 Å². The average Bonchev–Trinajstić information content (AvgIpc) is 3.22. The average molecular weight is 411 g/mol. The van der Waals surface area contributed by atoms with Gasteiger partial charge in [-0.2, -0.15) is 13.2 Å². The zero-order valence-corrected chi connectivity index (χ0v) is 16.0. The van der Waals surface area contributed by atoms with Crippen molar-refractivity contribution in [2.24, 2.45) is 0 Å². The van der Waals surface area contributed by atoms with E-state index in [1.54, 1.807) is 35.4 Å². The summed E-state index contributed by atoms with van der Waals surface area (Å²) in [6, 6.07) is 7.97. The number of benzene rings is 1. The normalized spacial score (nSPS) is 16.0. The molecule has 0 radical (unpaired) electrons. The van der Waals surface area contributed by atoms with E-state index in [9.17, 15) is 22.8 Å². The van der Waals surface area contributed by atoms with Gasteiger partial charge in [0.2, 0.25) is 5.91 Å². The molecular formula is C19H20F3N3O2S.